The molecule has 0 bridgehead atoms. The van der Waals surface area contributed by atoms with Gasteiger partial charge in [-0.2, -0.15) is 0 Å². The van der Waals surface area contributed by atoms with Crippen molar-refractivity contribution in [3.05, 3.63) is 27.7 Å². The lowest BCUT2D eigenvalue weighted by atomic mass is 9.73. The molecule has 0 saturated heterocycles. The second-order valence-electron chi connectivity index (χ2n) is 6.08. The number of benzene rings is 1. The van der Waals surface area contributed by atoms with Crippen molar-refractivity contribution in [1.82, 2.24) is 0 Å². The third-order valence-corrected chi connectivity index (χ3v) is 5.19. The lowest BCUT2D eigenvalue weighted by Gasteiger charge is -2.38. The van der Waals surface area contributed by atoms with E-state index in [-0.39, 0.29) is 0 Å². The van der Waals surface area contributed by atoms with Crippen LogP contribution in [-0.4, -0.2) is 17.3 Å². The standard InChI is InChI=1S/C16H21BrO2/c1-11-4-2-3-6-16(11,18)10-13-9-14(17)8-12-5-7-19-15(12)13/h8-9,11,18H,2-7,10H2,1H3. The first-order valence-corrected chi connectivity index (χ1v) is 8.04. The normalized spacial score (nSPS) is 29.9. The quantitative estimate of drug-likeness (QED) is 0.894. The SMILES string of the molecule is CC1CCCCC1(O)Cc1cc(Br)cc2c1OCC2. The van der Waals surface area contributed by atoms with E-state index < -0.39 is 5.60 Å². The van der Waals surface area contributed by atoms with E-state index in [4.69, 9.17) is 4.74 Å². The zero-order valence-corrected chi connectivity index (χ0v) is 13.0. The van der Waals surface area contributed by atoms with Gasteiger partial charge in [0.2, 0.25) is 0 Å². The van der Waals surface area contributed by atoms with Gasteiger partial charge in [-0.1, -0.05) is 35.7 Å². The van der Waals surface area contributed by atoms with Crippen LogP contribution in [-0.2, 0) is 12.8 Å². The molecule has 1 N–H and O–H groups in total. The Morgan fingerprint density at radius 3 is 3.05 bits per heavy atom. The Kier molecular flexibility index (Phi) is 3.61. The molecule has 2 unspecified atom stereocenters. The second-order valence-corrected chi connectivity index (χ2v) is 6.99. The number of halogens is 1. The highest BCUT2D eigenvalue weighted by atomic mass is 79.9. The van der Waals surface area contributed by atoms with Crippen LogP contribution in [0.25, 0.3) is 0 Å². The summed E-state index contributed by atoms with van der Waals surface area (Å²) < 4.78 is 6.87. The topological polar surface area (TPSA) is 29.5 Å². The summed E-state index contributed by atoms with van der Waals surface area (Å²) >= 11 is 3.58. The van der Waals surface area contributed by atoms with Crippen LogP contribution in [0.15, 0.2) is 16.6 Å². The zero-order valence-electron chi connectivity index (χ0n) is 11.4. The molecule has 1 aliphatic heterocycles. The summed E-state index contributed by atoms with van der Waals surface area (Å²) in [5, 5.41) is 10.9. The summed E-state index contributed by atoms with van der Waals surface area (Å²) in [4.78, 5) is 0. The van der Waals surface area contributed by atoms with Crippen molar-refractivity contribution in [1.29, 1.82) is 0 Å². The molecule has 104 valence electrons. The summed E-state index contributed by atoms with van der Waals surface area (Å²) in [5.74, 6) is 1.40. The van der Waals surface area contributed by atoms with Gasteiger partial charge in [-0.25, -0.2) is 0 Å². The Hall–Kier alpha value is -0.540. The maximum atomic E-state index is 10.9. The summed E-state index contributed by atoms with van der Waals surface area (Å²) in [6, 6.07) is 4.25. The molecule has 19 heavy (non-hydrogen) atoms. The van der Waals surface area contributed by atoms with Crippen LogP contribution in [0.5, 0.6) is 5.75 Å². The largest absolute Gasteiger partial charge is 0.493 e. The monoisotopic (exact) mass is 324 g/mol. The molecule has 0 spiro atoms. The molecular formula is C16H21BrO2. The summed E-state index contributed by atoms with van der Waals surface area (Å²) in [5.41, 5.74) is 1.88. The summed E-state index contributed by atoms with van der Waals surface area (Å²) in [7, 11) is 0. The summed E-state index contributed by atoms with van der Waals surface area (Å²) in [6.45, 7) is 2.95. The lowest BCUT2D eigenvalue weighted by Crippen LogP contribution is -2.41. The molecule has 2 aliphatic rings. The fourth-order valence-corrected chi connectivity index (χ4v) is 4.02. The molecule has 2 atom stereocenters. The number of rotatable bonds is 2. The molecule has 1 saturated carbocycles. The maximum Gasteiger partial charge on any atom is 0.125 e. The van der Waals surface area contributed by atoms with Gasteiger partial charge in [0.1, 0.15) is 5.75 Å². The number of aliphatic hydroxyl groups is 1. The van der Waals surface area contributed by atoms with E-state index in [9.17, 15) is 5.11 Å². The van der Waals surface area contributed by atoms with Crippen molar-refractivity contribution in [2.75, 3.05) is 6.61 Å². The minimum absolute atomic E-state index is 0.372. The molecule has 1 aliphatic carbocycles. The Morgan fingerprint density at radius 1 is 1.42 bits per heavy atom. The van der Waals surface area contributed by atoms with Crippen LogP contribution in [0.2, 0.25) is 0 Å². The van der Waals surface area contributed by atoms with Gasteiger partial charge in [-0.15, -0.1) is 0 Å². The Morgan fingerprint density at radius 2 is 2.26 bits per heavy atom. The van der Waals surface area contributed by atoms with Crippen molar-refractivity contribution in [2.24, 2.45) is 5.92 Å². The van der Waals surface area contributed by atoms with Gasteiger partial charge >= 0.3 is 0 Å². The van der Waals surface area contributed by atoms with Gasteiger partial charge in [0, 0.05) is 17.3 Å². The van der Waals surface area contributed by atoms with Crippen LogP contribution < -0.4 is 4.74 Å². The number of hydrogen-bond donors (Lipinski definition) is 1. The van der Waals surface area contributed by atoms with Gasteiger partial charge in [0.05, 0.1) is 12.2 Å². The first kappa shape index (κ1) is 13.4. The van der Waals surface area contributed by atoms with Gasteiger partial charge < -0.3 is 9.84 Å². The van der Waals surface area contributed by atoms with E-state index >= 15 is 0 Å². The van der Waals surface area contributed by atoms with Gasteiger partial charge in [-0.05, 0) is 42.0 Å². The van der Waals surface area contributed by atoms with E-state index in [1.54, 1.807) is 0 Å². The van der Waals surface area contributed by atoms with Crippen molar-refractivity contribution < 1.29 is 9.84 Å². The predicted molar refractivity (Wildman–Crippen MR) is 79.6 cm³/mol. The van der Waals surface area contributed by atoms with Crippen molar-refractivity contribution in [3.63, 3.8) is 0 Å². The number of fused-ring (bicyclic) bond motifs is 1. The average Bonchev–Trinajstić information content (AvgIpc) is 2.81. The minimum Gasteiger partial charge on any atom is -0.493 e. The molecule has 3 rings (SSSR count). The molecule has 3 heteroatoms. The fraction of sp³-hybridized carbons (Fsp3) is 0.625. The third-order valence-electron chi connectivity index (χ3n) is 4.74. The average molecular weight is 325 g/mol. The molecule has 1 aromatic rings. The predicted octanol–water partition coefficient (Wildman–Crippen LogP) is 3.87. The smallest absolute Gasteiger partial charge is 0.125 e. The lowest BCUT2D eigenvalue weighted by molar-refractivity contribution is -0.0408. The molecule has 0 radical (unpaired) electrons. The fourth-order valence-electron chi connectivity index (χ4n) is 3.47. The molecule has 1 aromatic carbocycles. The minimum atomic E-state index is -0.557. The highest BCUT2D eigenvalue weighted by Gasteiger charge is 2.37. The molecule has 0 amide bonds. The van der Waals surface area contributed by atoms with Crippen molar-refractivity contribution in [2.45, 2.75) is 51.0 Å². The molecule has 1 fully saturated rings. The molecule has 1 heterocycles. The van der Waals surface area contributed by atoms with Crippen LogP contribution in [0.1, 0.15) is 43.7 Å². The maximum absolute atomic E-state index is 10.9. The van der Waals surface area contributed by atoms with Crippen molar-refractivity contribution in [3.8, 4) is 5.75 Å². The Balaban J connectivity index is 1.91. The van der Waals surface area contributed by atoms with Crippen LogP contribution in [0, 0.1) is 5.92 Å². The highest BCUT2D eigenvalue weighted by Crippen LogP contribution is 2.40. The zero-order chi connectivity index (χ0) is 13.5. The van der Waals surface area contributed by atoms with Crippen LogP contribution in [0.4, 0.5) is 0 Å². The van der Waals surface area contributed by atoms with E-state index in [2.05, 4.69) is 35.0 Å². The van der Waals surface area contributed by atoms with Gasteiger partial charge in [0.15, 0.2) is 0 Å². The van der Waals surface area contributed by atoms with Crippen LogP contribution in [0.3, 0.4) is 0 Å². The molecule has 2 nitrogen and oxygen atoms in total. The second kappa shape index (κ2) is 5.10. The van der Waals surface area contributed by atoms with Crippen molar-refractivity contribution >= 4 is 15.9 Å². The van der Waals surface area contributed by atoms with Crippen LogP contribution >= 0.6 is 15.9 Å². The molecule has 0 aromatic heterocycles. The van der Waals surface area contributed by atoms with E-state index in [1.165, 1.54) is 12.0 Å². The third kappa shape index (κ3) is 2.55. The van der Waals surface area contributed by atoms with Gasteiger partial charge in [-0.3, -0.25) is 0 Å². The first-order chi connectivity index (χ1) is 9.08. The van der Waals surface area contributed by atoms with E-state index in [1.807, 2.05) is 0 Å². The Labute approximate surface area is 123 Å². The summed E-state index contributed by atoms with van der Waals surface area (Å²) in [6.07, 6.45) is 6.13. The van der Waals surface area contributed by atoms with E-state index in [0.29, 0.717) is 5.92 Å². The first-order valence-electron chi connectivity index (χ1n) is 7.25. The highest BCUT2D eigenvalue weighted by molar-refractivity contribution is 9.10. The Bertz CT molecular complexity index is 486. The number of ether oxygens (including phenoxy) is 1. The van der Waals surface area contributed by atoms with Gasteiger partial charge in [0.25, 0.3) is 0 Å². The van der Waals surface area contributed by atoms with E-state index in [0.717, 1.165) is 54.5 Å². The number of hydrogen-bond acceptors (Lipinski definition) is 2. The molecular weight excluding hydrogens is 304 g/mol.